The summed E-state index contributed by atoms with van der Waals surface area (Å²) in [4.78, 5) is 29.7. The van der Waals surface area contributed by atoms with E-state index in [1.54, 1.807) is 48.4 Å². The van der Waals surface area contributed by atoms with Crippen LogP contribution in [0.5, 0.6) is 5.75 Å². The summed E-state index contributed by atoms with van der Waals surface area (Å²) in [5.74, 6) is -0.00269. The van der Waals surface area contributed by atoms with Crippen molar-refractivity contribution < 1.29 is 18.7 Å². The Morgan fingerprint density at radius 3 is 2.10 bits per heavy atom. The lowest BCUT2D eigenvalue weighted by Gasteiger charge is -2.38. The van der Waals surface area contributed by atoms with Gasteiger partial charge < -0.3 is 19.9 Å². The van der Waals surface area contributed by atoms with E-state index in [-0.39, 0.29) is 23.5 Å². The lowest BCUT2D eigenvalue weighted by atomic mass is 10.0. The minimum atomic E-state index is -0.600. The molecule has 6 nitrogen and oxygen atoms in total. The van der Waals surface area contributed by atoms with Crippen LogP contribution >= 0.6 is 0 Å². The van der Waals surface area contributed by atoms with E-state index in [0.717, 1.165) is 5.69 Å². The van der Waals surface area contributed by atoms with Gasteiger partial charge in [0.15, 0.2) is 0 Å². The monoisotopic (exact) mass is 413 g/mol. The second kappa shape index (κ2) is 9.61. The number of anilines is 1. The van der Waals surface area contributed by atoms with E-state index in [1.165, 1.54) is 12.1 Å². The summed E-state index contributed by atoms with van der Waals surface area (Å²) < 4.78 is 18.3. The zero-order valence-electron chi connectivity index (χ0n) is 17.6. The van der Waals surface area contributed by atoms with E-state index in [2.05, 4.69) is 10.2 Å². The van der Waals surface area contributed by atoms with Gasteiger partial charge in [0.1, 0.15) is 17.6 Å². The summed E-state index contributed by atoms with van der Waals surface area (Å²) in [7, 11) is 1.57. The minimum absolute atomic E-state index is 0.0465. The molecule has 0 radical (unpaired) electrons. The molecule has 0 spiro atoms. The maximum atomic E-state index is 13.1. The molecule has 7 heteroatoms. The Labute approximate surface area is 176 Å². The number of halogens is 1. The van der Waals surface area contributed by atoms with Gasteiger partial charge in [0.05, 0.1) is 7.11 Å². The van der Waals surface area contributed by atoms with Crippen molar-refractivity contribution >= 4 is 17.5 Å². The quantitative estimate of drug-likeness (QED) is 0.791. The third-order valence-corrected chi connectivity index (χ3v) is 5.35. The van der Waals surface area contributed by atoms with E-state index in [1.807, 2.05) is 13.8 Å². The average Bonchev–Trinajstić information content (AvgIpc) is 2.77. The van der Waals surface area contributed by atoms with Crippen LogP contribution in [0.4, 0.5) is 10.1 Å². The minimum Gasteiger partial charge on any atom is -0.497 e. The molecule has 0 aromatic heterocycles. The molecule has 1 heterocycles. The first kappa shape index (κ1) is 21.6. The van der Waals surface area contributed by atoms with Gasteiger partial charge >= 0.3 is 0 Å². The van der Waals surface area contributed by atoms with Crippen molar-refractivity contribution in [2.45, 2.75) is 19.9 Å². The average molecular weight is 413 g/mol. The number of hydrogen-bond acceptors (Lipinski definition) is 4. The zero-order valence-corrected chi connectivity index (χ0v) is 17.6. The topological polar surface area (TPSA) is 61.9 Å². The van der Waals surface area contributed by atoms with Gasteiger partial charge in [-0.05, 0) is 54.4 Å². The Morgan fingerprint density at radius 2 is 1.57 bits per heavy atom. The van der Waals surface area contributed by atoms with Gasteiger partial charge in [-0.15, -0.1) is 0 Å². The van der Waals surface area contributed by atoms with Crippen LogP contribution in [0.25, 0.3) is 0 Å². The van der Waals surface area contributed by atoms with E-state index >= 15 is 0 Å². The number of hydrogen-bond donors (Lipinski definition) is 1. The Morgan fingerprint density at radius 1 is 0.967 bits per heavy atom. The number of rotatable bonds is 6. The maximum Gasteiger partial charge on any atom is 0.251 e. The second-order valence-electron chi connectivity index (χ2n) is 7.71. The molecular weight excluding hydrogens is 385 g/mol. The fraction of sp³-hybridized carbons (Fsp3) is 0.391. The highest BCUT2D eigenvalue weighted by molar-refractivity contribution is 5.97. The first-order valence-electron chi connectivity index (χ1n) is 10.1. The third kappa shape index (κ3) is 5.09. The van der Waals surface area contributed by atoms with Gasteiger partial charge in [0, 0.05) is 37.4 Å². The van der Waals surface area contributed by atoms with Crippen molar-refractivity contribution in [3.05, 3.63) is 59.9 Å². The molecular formula is C23H28FN3O3. The molecule has 1 N–H and O–H groups in total. The fourth-order valence-electron chi connectivity index (χ4n) is 3.51. The number of methoxy groups -OCH3 is 1. The molecule has 1 aliphatic heterocycles. The van der Waals surface area contributed by atoms with Gasteiger partial charge in [-0.3, -0.25) is 9.59 Å². The molecule has 1 aliphatic rings. The second-order valence-corrected chi connectivity index (χ2v) is 7.71. The first-order valence-corrected chi connectivity index (χ1v) is 10.1. The van der Waals surface area contributed by atoms with Crippen LogP contribution in [0.15, 0.2) is 48.5 Å². The van der Waals surface area contributed by atoms with E-state index in [9.17, 15) is 14.0 Å². The fourth-order valence-corrected chi connectivity index (χ4v) is 3.51. The van der Waals surface area contributed by atoms with Crippen LogP contribution < -0.4 is 15.0 Å². The van der Waals surface area contributed by atoms with Crippen molar-refractivity contribution in [1.82, 2.24) is 10.2 Å². The van der Waals surface area contributed by atoms with Crippen LogP contribution in [0.2, 0.25) is 0 Å². The van der Waals surface area contributed by atoms with E-state index < -0.39 is 6.04 Å². The van der Waals surface area contributed by atoms with Crippen molar-refractivity contribution in [3.63, 3.8) is 0 Å². The summed E-state index contributed by atoms with van der Waals surface area (Å²) >= 11 is 0. The first-order chi connectivity index (χ1) is 14.4. The summed E-state index contributed by atoms with van der Waals surface area (Å²) in [6, 6.07) is 12.6. The summed E-state index contributed by atoms with van der Waals surface area (Å²) in [5.41, 5.74) is 1.42. The smallest absolute Gasteiger partial charge is 0.251 e. The third-order valence-electron chi connectivity index (χ3n) is 5.35. The molecule has 2 aromatic carbocycles. The number of carbonyl (C=O) groups excluding carboxylic acids is 2. The highest BCUT2D eigenvalue weighted by Crippen LogP contribution is 2.18. The molecule has 3 rings (SSSR count). The van der Waals surface area contributed by atoms with Gasteiger partial charge in [-0.2, -0.15) is 0 Å². The molecule has 2 amide bonds. The molecule has 1 atom stereocenters. The SMILES string of the molecule is COc1ccc(C(=O)NC(C(=O)N2CCN(c3ccc(F)cc3)CC2)C(C)C)cc1. The Hall–Kier alpha value is -3.09. The highest BCUT2D eigenvalue weighted by atomic mass is 19.1. The highest BCUT2D eigenvalue weighted by Gasteiger charge is 2.31. The van der Waals surface area contributed by atoms with Crippen molar-refractivity contribution in [2.24, 2.45) is 5.92 Å². The zero-order chi connectivity index (χ0) is 21.7. The van der Waals surface area contributed by atoms with Crippen LogP contribution in [0.3, 0.4) is 0 Å². The van der Waals surface area contributed by atoms with Gasteiger partial charge in [-0.25, -0.2) is 4.39 Å². The van der Waals surface area contributed by atoms with E-state index in [0.29, 0.717) is 37.5 Å². The number of ether oxygens (including phenoxy) is 1. The Kier molecular flexibility index (Phi) is 6.92. The molecule has 2 aromatic rings. The number of nitrogens with zero attached hydrogens (tertiary/aromatic N) is 2. The Bertz CT molecular complexity index is 860. The summed E-state index contributed by atoms with van der Waals surface area (Å²) in [5, 5.41) is 2.89. The normalized spacial score (nSPS) is 15.1. The molecule has 0 aliphatic carbocycles. The number of benzene rings is 2. The van der Waals surface area contributed by atoms with Crippen LogP contribution in [-0.4, -0.2) is 56.0 Å². The number of amides is 2. The van der Waals surface area contributed by atoms with Gasteiger partial charge in [0.2, 0.25) is 5.91 Å². The Balaban J connectivity index is 1.61. The predicted molar refractivity (Wildman–Crippen MR) is 114 cm³/mol. The van der Waals surface area contributed by atoms with E-state index in [4.69, 9.17) is 4.74 Å². The standard InChI is InChI=1S/C23H28FN3O3/c1-16(2)21(25-22(28)17-4-10-20(30-3)11-5-17)23(29)27-14-12-26(13-15-27)19-8-6-18(24)7-9-19/h4-11,16,21H,12-15H2,1-3H3,(H,25,28). The molecule has 30 heavy (non-hydrogen) atoms. The van der Waals surface area contributed by atoms with Crippen LogP contribution in [-0.2, 0) is 4.79 Å². The van der Waals surface area contributed by atoms with Crippen LogP contribution in [0.1, 0.15) is 24.2 Å². The van der Waals surface area contributed by atoms with Crippen LogP contribution in [0, 0.1) is 11.7 Å². The predicted octanol–water partition coefficient (Wildman–Crippen LogP) is 2.94. The van der Waals surface area contributed by atoms with Gasteiger partial charge in [-0.1, -0.05) is 13.8 Å². The molecule has 0 saturated carbocycles. The molecule has 1 saturated heterocycles. The summed E-state index contributed by atoms with van der Waals surface area (Å²) in [6.45, 7) is 6.27. The lowest BCUT2D eigenvalue weighted by molar-refractivity contribution is -0.134. The van der Waals surface area contributed by atoms with Gasteiger partial charge in [0.25, 0.3) is 5.91 Å². The lowest BCUT2D eigenvalue weighted by Crippen LogP contribution is -2.56. The largest absolute Gasteiger partial charge is 0.497 e. The maximum absolute atomic E-state index is 13.1. The van der Waals surface area contributed by atoms with Crippen molar-refractivity contribution in [1.29, 1.82) is 0 Å². The molecule has 1 fully saturated rings. The number of carbonyl (C=O) groups is 2. The van der Waals surface area contributed by atoms with Crippen molar-refractivity contribution in [3.8, 4) is 5.75 Å². The van der Waals surface area contributed by atoms with Crippen molar-refractivity contribution in [2.75, 3.05) is 38.2 Å². The number of nitrogens with one attached hydrogen (secondary N) is 1. The molecule has 0 bridgehead atoms. The summed E-state index contributed by atoms with van der Waals surface area (Å²) in [6.07, 6.45) is 0. The number of piperazine rings is 1. The molecule has 160 valence electrons. The molecule has 1 unspecified atom stereocenters.